The van der Waals surface area contributed by atoms with Crippen molar-refractivity contribution in [2.45, 2.75) is 26.2 Å². The Kier molecular flexibility index (Phi) is 4.74. The first-order valence-corrected chi connectivity index (χ1v) is 10.6. The lowest BCUT2D eigenvalue weighted by Crippen LogP contribution is -2.15. The van der Waals surface area contributed by atoms with E-state index in [0.717, 1.165) is 16.6 Å². The topological polar surface area (TPSA) is 59.3 Å². The Morgan fingerprint density at radius 3 is 2.38 bits per heavy atom. The molecule has 5 nitrogen and oxygen atoms in total. The van der Waals surface area contributed by atoms with Gasteiger partial charge < -0.3 is 5.32 Å². The number of rotatable bonds is 3. The molecule has 32 heavy (non-hydrogen) atoms. The smallest absolute Gasteiger partial charge is 0.256 e. The van der Waals surface area contributed by atoms with Gasteiger partial charge >= 0.3 is 0 Å². The van der Waals surface area contributed by atoms with Crippen molar-refractivity contribution >= 4 is 28.1 Å². The number of anilines is 1. The summed E-state index contributed by atoms with van der Waals surface area (Å²) in [7, 11) is 0. The van der Waals surface area contributed by atoms with Crippen molar-refractivity contribution in [3.05, 3.63) is 96.2 Å². The summed E-state index contributed by atoms with van der Waals surface area (Å²) in [6.07, 6.45) is 1.71. The highest BCUT2D eigenvalue weighted by atomic mass is 16.1. The molecule has 3 aromatic carbocycles. The molecule has 5 aromatic rings. The van der Waals surface area contributed by atoms with Crippen LogP contribution in [0.15, 0.2) is 85.1 Å². The molecule has 5 rings (SSSR count). The average Bonchev–Trinajstić information content (AvgIpc) is 3.26. The van der Waals surface area contributed by atoms with E-state index in [1.54, 1.807) is 10.7 Å². The Morgan fingerprint density at radius 1 is 0.875 bits per heavy atom. The van der Waals surface area contributed by atoms with Crippen molar-refractivity contribution in [2.75, 3.05) is 5.32 Å². The fourth-order valence-corrected chi connectivity index (χ4v) is 3.84. The monoisotopic (exact) mass is 420 g/mol. The van der Waals surface area contributed by atoms with Gasteiger partial charge in [-0.15, -0.1) is 0 Å². The molecule has 0 fully saturated rings. The van der Waals surface area contributed by atoms with Crippen molar-refractivity contribution in [2.24, 2.45) is 0 Å². The van der Waals surface area contributed by atoms with Gasteiger partial charge in [0.25, 0.3) is 5.91 Å². The summed E-state index contributed by atoms with van der Waals surface area (Å²) in [6, 6.07) is 25.9. The van der Waals surface area contributed by atoms with Crippen LogP contribution in [0.2, 0.25) is 0 Å². The van der Waals surface area contributed by atoms with E-state index < -0.39 is 0 Å². The number of benzene rings is 3. The van der Waals surface area contributed by atoms with E-state index >= 15 is 0 Å². The Morgan fingerprint density at radius 2 is 1.62 bits per heavy atom. The van der Waals surface area contributed by atoms with Gasteiger partial charge in [0.15, 0.2) is 5.65 Å². The van der Waals surface area contributed by atoms with Gasteiger partial charge in [0.1, 0.15) is 5.82 Å². The molecule has 5 heteroatoms. The van der Waals surface area contributed by atoms with Crippen LogP contribution < -0.4 is 5.32 Å². The van der Waals surface area contributed by atoms with Gasteiger partial charge in [-0.2, -0.15) is 5.10 Å². The Balaban J connectivity index is 1.50. The van der Waals surface area contributed by atoms with E-state index in [4.69, 9.17) is 0 Å². The van der Waals surface area contributed by atoms with Crippen LogP contribution in [0.5, 0.6) is 0 Å². The van der Waals surface area contributed by atoms with Crippen molar-refractivity contribution in [3.8, 4) is 11.3 Å². The zero-order chi connectivity index (χ0) is 22.3. The number of carbonyl (C=O) groups is 1. The second-order valence-electron chi connectivity index (χ2n) is 8.97. The molecule has 0 radical (unpaired) electrons. The third kappa shape index (κ3) is 3.73. The number of amides is 1. The Hall–Kier alpha value is -3.99. The fourth-order valence-electron chi connectivity index (χ4n) is 3.84. The summed E-state index contributed by atoms with van der Waals surface area (Å²) in [5, 5.41) is 9.70. The van der Waals surface area contributed by atoms with Gasteiger partial charge in [0.2, 0.25) is 0 Å². The zero-order valence-electron chi connectivity index (χ0n) is 18.3. The lowest BCUT2D eigenvalue weighted by molar-refractivity contribution is 0.102. The molecule has 0 saturated carbocycles. The second-order valence-corrected chi connectivity index (χ2v) is 8.97. The lowest BCUT2D eigenvalue weighted by Gasteiger charge is -2.19. The third-order valence-corrected chi connectivity index (χ3v) is 5.66. The maximum absolute atomic E-state index is 12.9. The summed E-state index contributed by atoms with van der Waals surface area (Å²) in [6.45, 7) is 6.46. The molecule has 0 aliphatic heterocycles. The van der Waals surface area contributed by atoms with Crippen LogP contribution in [-0.2, 0) is 5.41 Å². The van der Waals surface area contributed by atoms with Gasteiger partial charge in [-0.05, 0) is 39.9 Å². The van der Waals surface area contributed by atoms with Crippen LogP contribution in [-0.4, -0.2) is 20.5 Å². The number of hydrogen-bond acceptors (Lipinski definition) is 3. The molecule has 0 saturated heterocycles. The van der Waals surface area contributed by atoms with E-state index in [-0.39, 0.29) is 11.3 Å². The first-order chi connectivity index (χ1) is 15.4. The predicted molar refractivity (Wildman–Crippen MR) is 129 cm³/mol. The normalized spacial score (nSPS) is 11.7. The minimum Gasteiger partial charge on any atom is -0.306 e. The van der Waals surface area contributed by atoms with Crippen LogP contribution in [0, 0.1) is 0 Å². The molecule has 2 aromatic heterocycles. The molecule has 0 unspecified atom stereocenters. The average molecular weight is 421 g/mol. The first kappa shape index (κ1) is 19.9. The molecule has 0 aliphatic carbocycles. The number of nitrogens with one attached hydrogen (secondary N) is 1. The van der Waals surface area contributed by atoms with Crippen molar-refractivity contribution < 1.29 is 4.79 Å². The van der Waals surface area contributed by atoms with E-state index in [9.17, 15) is 4.79 Å². The maximum Gasteiger partial charge on any atom is 0.256 e. The van der Waals surface area contributed by atoms with Crippen molar-refractivity contribution in [1.29, 1.82) is 0 Å². The van der Waals surface area contributed by atoms with E-state index in [2.05, 4.69) is 66.5 Å². The zero-order valence-corrected chi connectivity index (χ0v) is 18.3. The predicted octanol–water partition coefficient (Wildman–Crippen LogP) is 6.10. The Bertz CT molecular complexity index is 1440. The van der Waals surface area contributed by atoms with Gasteiger partial charge in [0, 0.05) is 23.3 Å². The SMILES string of the molecule is CC(C)(C)c1ccc(C(=O)Nc2cc(-c3ccc4ccccc4c3)n3nccc3n2)cc1. The highest BCUT2D eigenvalue weighted by Gasteiger charge is 2.16. The van der Waals surface area contributed by atoms with E-state index in [1.165, 1.54) is 10.9 Å². The second kappa shape index (κ2) is 7.61. The molecule has 0 bridgehead atoms. The van der Waals surface area contributed by atoms with Crippen LogP contribution in [0.3, 0.4) is 0 Å². The number of fused-ring (bicyclic) bond motifs is 2. The molecule has 1 amide bonds. The molecule has 158 valence electrons. The van der Waals surface area contributed by atoms with Crippen LogP contribution >= 0.6 is 0 Å². The van der Waals surface area contributed by atoms with Crippen LogP contribution in [0.25, 0.3) is 27.7 Å². The molecule has 0 atom stereocenters. The number of hydrogen-bond donors (Lipinski definition) is 1. The summed E-state index contributed by atoms with van der Waals surface area (Å²) in [5.41, 5.74) is 4.37. The minimum atomic E-state index is -0.189. The highest BCUT2D eigenvalue weighted by Crippen LogP contribution is 2.27. The standard InChI is InChI=1S/C27H24N4O/c1-27(2,3)22-12-10-19(11-13-22)26(32)30-24-17-23(31-25(29-24)14-15-28-31)21-9-8-18-6-4-5-7-20(18)16-21/h4-17H,1-3H3,(H,29,30,32). The summed E-state index contributed by atoms with van der Waals surface area (Å²) < 4.78 is 1.79. The lowest BCUT2D eigenvalue weighted by atomic mass is 9.87. The molecular formula is C27H24N4O. The molecular weight excluding hydrogens is 396 g/mol. The summed E-state index contributed by atoms with van der Waals surface area (Å²) >= 11 is 0. The van der Waals surface area contributed by atoms with Gasteiger partial charge in [-0.1, -0.05) is 69.3 Å². The minimum absolute atomic E-state index is 0.0400. The maximum atomic E-state index is 12.9. The van der Waals surface area contributed by atoms with E-state index in [0.29, 0.717) is 17.0 Å². The summed E-state index contributed by atoms with van der Waals surface area (Å²) in [5.74, 6) is 0.303. The van der Waals surface area contributed by atoms with Crippen LogP contribution in [0.4, 0.5) is 5.82 Å². The fraction of sp³-hybridized carbons (Fsp3) is 0.148. The molecule has 0 spiro atoms. The Labute approximate surface area is 186 Å². The van der Waals surface area contributed by atoms with Gasteiger partial charge in [-0.25, -0.2) is 9.50 Å². The number of carbonyl (C=O) groups excluding carboxylic acids is 1. The van der Waals surface area contributed by atoms with Crippen molar-refractivity contribution in [1.82, 2.24) is 14.6 Å². The van der Waals surface area contributed by atoms with E-state index in [1.807, 2.05) is 48.5 Å². The number of aromatic nitrogens is 3. The summed E-state index contributed by atoms with van der Waals surface area (Å²) in [4.78, 5) is 17.5. The quantitative estimate of drug-likeness (QED) is 0.384. The molecule has 2 heterocycles. The highest BCUT2D eigenvalue weighted by molar-refractivity contribution is 6.04. The van der Waals surface area contributed by atoms with Gasteiger partial charge in [-0.3, -0.25) is 4.79 Å². The largest absolute Gasteiger partial charge is 0.306 e. The third-order valence-electron chi connectivity index (χ3n) is 5.66. The molecule has 1 N–H and O–H groups in total. The molecule has 0 aliphatic rings. The van der Waals surface area contributed by atoms with Gasteiger partial charge in [0.05, 0.1) is 11.9 Å². The van der Waals surface area contributed by atoms with Crippen molar-refractivity contribution in [3.63, 3.8) is 0 Å². The van der Waals surface area contributed by atoms with Crippen LogP contribution in [0.1, 0.15) is 36.7 Å². The first-order valence-electron chi connectivity index (χ1n) is 10.6. The number of nitrogens with zero attached hydrogens (tertiary/aromatic N) is 3.